The predicted octanol–water partition coefficient (Wildman–Crippen LogP) is 11.2. The highest BCUT2D eigenvalue weighted by molar-refractivity contribution is 7.47. The highest BCUT2D eigenvalue weighted by Crippen LogP contribution is 2.43. The van der Waals surface area contributed by atoms with Crippen molar-refractivity contribution in [2.75, 3.05) is 19.8 Å². The molecule has 12 heteroatoms. The molecule has 0 saturated carbocycles. The number of carbonyl (C=O) groups excluding carboxylic acids is 2. The zero-order valence-electron chi connectivity index (χ0n) is 34.7. The molecule has 56 heavy (non-hydrogen) atoms. The molecule has 0 bridgehead atoms. The molecule has 0 rings (SSSR count). The van der Waals surface area contributed by atoms with Crippen molar-refractivity contribution in [2.45, 2.75) is 180 Å². The Hall–Kier alpha value is -2.82. The van der Waals surface area contributed by atoms with Gasteiger partial charge in [-0.25, -0.2) is 4.57 Å². The van der Waals surface area contributed by atoms with Crippen LogP contribution in [0, 0.1) is 0 Å². The summed E-state index contributed by atoms with van der Waals surface area (Å²) in [7, 11) is -4.73. The van der Waals surface area contributed by atoms with E-state index >= 15 is 0 Å². The van der Waals surface area contributed by atoms with E-state index in [1.165, 1.54) is 70.6 Å². The molecule has 0 heterocycles. The summed E-state index contributed by atoms with van der Waals surface area (Å²) in [6.07, 6.45) is 44.4. The van der Waals surface area contributed by atoms with Crippen LogP contribution in [0.2, 0.25) is 0 Å². The Balaban J connectivity index is 4.48. The molecule has 0 aliphatic carbocycles. The summed E-state index contributed by atoms with van der Waals surface area (Å²) < 4.78 is 32.6. The van der Waals surface area contributed by atoms with Crippen LogP contribution in [0.5, 0.6) is 0 Å². The molecule has 0 aliphatic rings. The summed E-state index contributed by atoms with van der Waals surface area (Å²) in [6, 6.07) is -1.53. The fourth-order valence-electron chi connectivity index (χ4n) is 5.45. The van der Waals surface area contributed by atoms with E-state index in [-0.39, 0.29) is 19.4 Å². The van der Waals surface area contributed by atoms with E-state index < -0.39 is 51.1 Å². The van der Waals surface area contributed by atoms with E-state index in [4.69, 9.17) is 24.8 Å². The molecule has 3 unspecified atom stereocenters. The normalized spacial score (nSPS) is 14.4. The standard InChI is InChI=1S/C44H76NO10P/c1-3-5-7-9-11-13-15-17-19-20-22-24-26-28-30-32-34-36-43(47)55-40(38-53-56(50,51)54-39-41(45)44(48)49)37-52-42(46)35-33-31-29-27-25-23-21-18-16-14-12-10-8-6-4-2/h5,7,11,13,17,19,22,24,28,30,40-41H,3-4,6,8-10,12,14-16,18,20-21,23,25-27,29,31-39,45H2,1-2H3,(H,48,49)(H,50,51)/b7-5-,13-11-,19-17-,24-22-,30-28-. The van der Waals surface area contributed by atoms with E-state index in [1.54, 1.807) is 0 Å². The van der Waals surface area contributed by atoms with Crippen molar-refractivity contribution in [3.8, 4) is 0 Å². The molecule has 0 spiro atoms. The number of unbranched alkanes of at least 4 members (excludes halogenated alkanes) is 15. The van der Waals surface area contributed by atoms with Crippen LogP contribution >= 0.6 is 7.82 Å². The maximum atomic E-state index is 12.6. The second-order valence-electron chi connectivity index (χ2n) is 14.1. The molecule has 0 saturated heterocycles. The highest BCUT2D eigenvalue weighted by Gasteiger charge is 2.28. The van der Waals surface area contributed by atoms with E-state index in [9.17, 15) is 23.8 Å². The van der Waals surface area contributed by atoms with E-state index in [0.29, 0.717) is 19.3 Å². The van der Waals surface area contributed by atoms with Crippen LogP contribution in [0.4, 0.5) is 0 Å². The quantitative estimate of drug-likeness (QED) is 0.0233. The number of hydrogen-bond acceptors (Lipinski definition) is 9. The number of aliphatic carboxylic acids is 1. The Labute approximate surface area is 338 Å². The number of nitrogens with two attached hydrogens (primary N) is 1. The molecule has 4 N–H and O–H groups in total. The van der Waals surface area contributed by atoms with Gasteiger partial charge in [-0.15, -0.1) is 0 Å². The Bertz CT molecular complexity index is 1180. The van der Waals surface area contributed by atoms with Gasteiger partial charge in [-0.05, 0) is 51.4 Å². The summed E-state index contributed by atoms with van der Waals surface area (Å²) in [5, 5.41) is 8.88. The van der Waals surface area contributed by atoms with Gasteiger partial charge < -0.3 is 25.2 Å². The number of allylic oxidation sites excluding steroid dienone is 10. The molecular weight excluding hydrogens is 733 g/mol. The van der Waals surface area contributed by atoms with Crippen LogP contribution in [-0.4, -0.2) is 59.9 Å². The largest absolute Gasteiger partial charge is 0.480 e. The zero-order chi connectivity index (χ0) is 41.4. The summed E-state index contributed by atoms with van der Waals surface area (Å²) in [5.74, 6) is -2.46. The molecule has 0 aliphatic heterocycles. The van der Waals surface area contributed by atoms with Crippen molar-refractivity contribution in [2.24, 2.45) is 5.73 Å². The number of phosphoric acid groups is 1. The Morgan fingerprint density at radius 3 is 1.48 bits per heavy atom. The molecule has 11 nitrogen and oxygen atoms in total. The minimum atomic E-state index is -4.73. The molecule has 0 aromatic carbocycles. The maximum absolute atomic E-state index is 12.6. The third-order valence-corrected chi connectivity index (χ3v) is 9.73. The lowest BCUT2D eigenvalue weighted by atomic mass is 10.0. The lowest BCUT2D eigenvalue weighted by Gasteiger charge is -2.20. The van der Waals surface area contributed by atoms with Gasteiger partial charge in [-0.1, -0.05) is 164 Å². The van der Waals surface area contributed by atoms with Gasteiger partial charge in [0.05, 0.1) is 13.2 Å². The van der Waals surface area contributed by atoms with E-state index in [2.05, 4.69) is 67.0 Å². The van der Waals surface area contributed by atoms with Gasteiger partial charge in [-0.3, -0.25) is 23.4 Å². The Morgan fingerprint density at radius 2 is 1.00 bits per heavy atom. The van der Waals surface area contributed by atoms with Gasteiger partial charge in [-0.2, -0.15) is 0 Å². The minimum Gasteiger partial charge on any atom is -0.480 e. The van der Waals surface area contributed by atoms with Gasteiger partial charge in [0.2, 0.25) is 0 Å². The fraction of sp³-hybridized carbons (Fsp3) is 0.705. The predicted molar refractivity (Wildman–Crippen MR) is 226 cm³/mol. The zero-order valence-corrected chi connectivity index (χ0v) is 35.6. The number of rotatable bonds is 39. The van der Waals surface area contributed by atoms with Gasteiger partial charge in [0.15, 0.2) is 6.10 Å². The average Bonchev–Trinajstić information content (AvgIpc) is 3.17. The first-order chi connectivity index (χ1) is 27.1. The average molecular weight is 810 g/mol. The minimum absolute atomic E-state index is 0.0820. The van der Waals surface area contributed by atoms with E-state index in [0.717, 1.165) is 51.4 Å². The van der Waals surface area contributed by atoms with Crippen LogP contribution in [-0.2, 0) is 37.5 Å². The van der Waals surface area contributed by atoms with Crippen molar-refractivity contribution in [3.63, 3.8) is 0 Å². The fourth-order valence-corrected chi connectivity index (χ4v) is 6.23. The highest BCUT2D eigenvalue weighted by atomic mass is 31.2. The number of carboxylic acids is 1. The van der Waals surface area contributed by atoms with Crippen molar-refractivity contribution < 1.29 is 47.5 Å². The van der Waals surface area contributed by atoms with Crippen LogP contribution in [0.3, 0.4) is 0 Å². The lowest BCUT2D eigenvalue weighted by Crippen LogP contribution is -2.34. The lowest BCUT2D eigenvalue weighted by molar-refractivity contribution is -0.161. The van der Waals surface area contributed by atoms with Gasteiger partial charge in [0.25, 0.3) is 0 Å². The number of phosphoric ester groups is 1. The van der Waals surface area contributed by atoms with Crippen molar-refractivity contribution in [1.29, 1.82) is 0 Å². The first-order valence-corrected chi connectivity index (χ1v) is 22.8. The Kier molecular flexibility index (Phi) is 37.1. The monoisotopic (exact) mass is 810 g/mol. The first kappa shape index (κ1) is 53.2. The van der Waals surface area contributed by atoms with E-state index in [1.807, 2.05) is 12.2 Å². The molecule has 3 atom stereocenters. The number of esters is 2. The van der Waals surface area contributed by atoms with Crippen LogP contribution in [0.25, 0.3) is 0 Å². The van der Waals surface area contributed by atoms with Gasteiger partial charge in [0, 0.05) is 12.8 Å². The molecule has 322 valence electrons. The summed E-state index contributed by atoms with van der Waals surface area (Å²) in [5.41, 5.74) is 5.32. The van der Waals surface area contributed by atoms with Gasteiger partial charge >= 0.3 is 25.7 Å². The number of carboxylic acid groups (broad SMARTS) is 1. The Morgan fingerprint density at radius 1 is 0.571 bits per heavy atom. The van der Waals surface area contributed by atoms with Crippen molar-refractivity contribution in [3.05, 3.63) is 60.8 Å². The molecule has 0 amide bonds. The molecule has 0 radical (unpaired) electrons. The second-order valence-corrected chi connectivity index (χ2v) is 15.6. The van der Waals surface area contributed by atoms with Crippen molar-refractivity contribution >= 4 is 25.7 Å². The van der Waals surface area contributed by atoms with Crippen LogP contribution in [0.15, 0.2) is 60.8 Å². The first-order valence-electron chi connectivity index (χ1n) is 21.3. The second kappa shape index (κ2) is 39.0. The summed E-state index contributed by atoms with van der Waals surface area (Å²) >= 11 is 0. The summed E-state index contributed by atoms with van der Waals surface area (Å²) in [4.78, 5) is 45.9. The SMILES string of the molecule is CC/C=C\C/C=C\C/C=C\C/C=C\C/C=C\CCCC(=O)OC(COC(=O)CCCCCCCCCCCCCCCCC)COP(=O)(O)OCC(N)C(=O)O. The molecule has 0 fully saturated rings. The third kappa shape index (κ3) is 38.1. The topological polar surface area (TPSA) is 172 Å². The van der Waals surface area contributed by atoms with Crippen LogP contribution < -0.4 is 5.73 Å². The molecule has 0 aromatic heterocycles. The molecular formula is C44H76NO10P. The van der Waals surface area contributed by atoms with Crippen LogP contribution in [0.1, 0.15) is 168 Å². The summed E-state index contributed by atoms with van der Waals surface area (Å²) in [6.45, 7) is 2.63. The number of hydrogen-bond donors (Lipinski definition) is 3. The molecule has 0 aromatic rings. The van der Waals surface area contributed by atoms with Gasteiger partial charge in [0.1, 0.15) is 12.6 Å². The smallest absolute Gasteiger partial charge is 0.472 e. The number of carbonyl (C=O) groups is 3. The van der Waals surface area contributed by atoms with Crippen molar-refractivity contribution in [1.82, 2.24) is 0 Å². The maximum Gasteiger partial charge on any atom is 0.472 e. The third-order valence-electron chi connectivity index (χ3n) is 8.78. The number of ether oxygens (including phenoxy) is 2.